The molecule has 0 aliphatic heterocycles. The van der Waals surface area contributed by atoms with Gasteiger partial charge in [0.1, 0.15) is 0 Å². The van der Waals surface area contributed by atoms with Crippen LogP contribution < -0.4 is 5.32 Å². The van der Waals surface area contributed by atoms with Gasteiger partial charge in [-0.05, 0) is 18.4 Å². The Kier molecular flexibility index (Phi) is 5.74. The van der Waals surface area contributed by atoms with E-state index in [9.17, 15) is 4.79 Å². The van der Waals surface area contributed by atoms with E-state index < -0.39 is 0 Å². The Hall–Kier alpha value is -1.15. The molecule has 0 fully saturated rings. The lowest BCUT2D eigenvalue weighted by molar-refractivity contribution is -0.128. The summed E-state index contributed by atoms with van der Waals surface area (Å²) >= 11 is 0. The van der Waals surface area contributed by atoms with Crippen LogP contribution in [0.2, 0.25) is 0 Å². The first-order chi connectivity index (χ1) is 8.80. The van der Waals surface area contributed by atoms with Crippen LogP contribution in [0.25, 0.3) is 0 Å². The molecule has 1 atom stereocenters. The second-order valence-corrected chi connectivity index (χ2v) is 6.51. The standard InChI is InChI=1S/C17H27NO/c1-13(2)18-15(16(19)17(3,4)5)12-11-14-9-7-6-8-10-14/h6-10,13,15,18H,11-12H2,1-5H3/t15-/m1/s1. The minimum Gasteiger partial charge on any atom is -0.305 e. The maximum absolute atomic E-state index is 12.5. The molecule has 0 amide bonds. The molecule has 0 aliphatic rings. The maximum atomic E-state index is 12.5. The molecule has 19 heavy (non-hydrogen) atoms. The first-order valence-corrected chi connectivity index (χ1v) is 7.15. The lowest BCUT2D eigenvalue weighted by Gasteiger charge is -2.27. The van der Waals surface area contributed by atoms with Gasteiger partial charge in [-0.1, -0.05) is 65.0 Å². The van der Waals surface area contributed by atoms with Gasteiger partial charge in [0, 0.05) is 11.5 Å². The Balaban J connectivity index is 2.67. The van der Waals surface area contributed by atoms with E-state index in [0.717, 1.165) is 12.8 Å². The van der Waals surface area contributed by atoms with E-state index in [4.69, 9.17) is 0 Å². The Bertz CT molecular complexity index is 389. The van der Waals surface area contributed by atoms with Crippen molar-refractivity contribution in [1.82, 2.24) is 5.32 Å². The van der Waals surface area contributed by atoms with E-state index in [1.165, 1.54) is 5.56 Å². The van der Waals surface area contributed by atoms with Crippen molar-refractivity contribution in [3.8, 4) is 0 Å². The normalized spacial score (nSPS) is 13.6. The lowest BCUT2D eigenvalue weighted by Crippen LogP contribution is -2.46. The molecular weight excluding hydrogens is 234 g/mol. The zero-order valence-electron chi connectivity index (χ0n) is 12.9. The number of carbonyl (C=O) groups is 1. The van der Waals surface area contributed by atoms with Gasteiger partial charge < -0.3 is 5.32 Å². The summed E-state index contributed by atoms with van der Waals surface area (Å²) in [6.07, 6.45) is 1.80. The van der Waals surface area contributed by atoms with E-state index in [1.807, 2.05) is 39.0 Å². The number of aryl methyl sites for hydroxylation is 1. The number of carbonyl (C=O) groups excluding carboxylic acids is 1. The van der Waals surface area contributed by atoms with Gasteiger partial charge in [-0.25, -0.2) is 0 Å². The van der Waals surface area contributed by atoms with Crippen molar-refractivity contribution < 1.29 is 4.79 Å². The molecular formula is C17H27NO. The Labute approximate surface area is 117 Å². The fourth-order valence-electron chi connectivity index (χ4n) is 2.17. The van der Waals surface area contributed by atoms with Gasteiger partial charge in [-0.3, -0.25) is 4.79 Å². The highest BCUT2D eigenvalue weighted by molar-refractivity contribution is 5.88. The van der Waals surface area contributed by atoms with E-state index in [0.29, 0.717) is 11.8 Å². The number of rotatable bonds is 6. The number of nitrogens with one attached hydrogen (secondary N) is 1. The minimum absolute atomic E-state index is 0.0554. The summed E-state index contributed by atoms with van der Waals surface area (Å²) in [6, 6.07) is 10.6. The van der Waals surface area contributed by atoms with Crippen LogP contribution in [0.15, 0.2) is 30.3 Å². The van der Waals surface area contributed by atoms with Crippen LogP contribution in [0.4, 0.5) is 0 Å². The summed E-state index contributed by atoms with van der Waals surface area (Å²) in [5, 5.41) is 3.41. The van der Waals surface area contributed by atoms with Gasteiger partial charge in [0.15, 0.2) is 5.78 Å². The topological polar surface area (TPSA) is 29.1 Å². The average molecular weight is 261 g/mol. The first-order valence-electron chi connectivity index (χ1n) is 7.15. The third-order valence-electron chi connectivity index (χ3n) is 3.15. The van der Waals surface area contributed by atoms with Crippen molar-refractivity contribution >= 4 is 5.78 Å². The summed E-state index contributed by atoms with van der Waals surface area (Å²) in [7, 11) is 0. The van der Waals surface area contributed by atoms with Gasteiger partial charge in [0.2, 0.25) is 0 Å². The van der Waals surface area contributed by atoms with Crippen molar-refractivity contribution in [2.75, 3.05) is 0 Å². The molecule has 2 nitrogen and oxygen atoms in total. The first kappa shape index (κ1) is 15.9. The van der Waals surface area contributed by atoms with Crippen LogP contribution >= 0.6 is 0 Å². The average Bonchev–Trinajstić information content (AvgIpc) is 2.33. The zero-order chi connectivity index (χ0) is 14.5. The van der Waals surface area contributed by atoms with Crippen LogP contribution in [0.3, 0.4) is 0 Å². The Morgan fingerprint density at radius 3 is 2.21 bits per heavy atom. The molecule has 2 heteroatoms. The third-order valence-corrected chi connectivity index (χ3v) is 3.15. The molecule has 0 spiro atoms. The molecule has 0 bridgehead atoms. The Morgan fingerprint density at radius 1 is 1.16 bits per heavy atom. The summed E-state index contributed by atoms with van der Waals surface area (Å²) in [4.78, 5) is 12.5. The van der Waals surface area contributed by atoms with Crippen molar-refractivity contribution in [3.63, 3.8) is 0 Å². The van der Waals surface area contributed by atoms with Crippen molar-refractivity contribution in [1.29, 1.82) is 0 Å². The molecule has 0 unspecified atom stereocenters. The molecule has 1 rings (SSSR count). The SMILES string of the molecule is CC(C)N[C@H](CCc1ccccc1)C(=O)C(C)(C)C. The van der Waals surface area contributed by atoms with Gasteiger partial charge in [-0.2, -0.15) is 0 Å². The minimum atomic E-state index is -0.288. The van der Waals surface area contributed by atoms with E-state index in [1.54, 1.807) is 0 Å². The van der Waals surface area contributed by atoms with Gasteiger partial charge in [-0.15, -0.1) is 0 Å². The quantitative estimate of drug-likeness (QED) is 0.847. The predicted octanol–water partition coefficient (Wildman–Crippen LogP) is 3.60. The van der Waals surface area contributed by atoms with Gasteiger partial charge in [0.25, 0.3) is 0 Å². The highest BCUT2D eigenvalue weighted by Gasteiger charge is 2.29. The molecule has 106 valence electrons. The molecule has 0 heterocycles. The number of hydrogen-bond donors (Lipinski definition) is 1. The van der Waals surface area contributed by atoms with Crippen LogP contribution in [0.5, 0.6) is 0 Å². The second-order valence-electron chi connectivity index (χ2n) is 6.51. The number of hydrogen-bond acceptors (Lipinski definition) is 2. The van der Waals surface area contributed by atoms with Crippen LogP contribution in [0, 0.1) is 5.41 Å². The molecule has 0 saturated heterocycles. The number of Topliss-reactive ketones (excluding diaryl/α,β-unsaturated/α-hetero) is 1. The molecule has 0 saturated carbocycles. The highest BCUT2D eigenvalue weighted by atomic mass is 16.1. The van der Waals surface area contributed by atoms with Crippen LogP contribution in [-0.2, 0) is 11.2 Å². The van der Waals surface area contributed by atoms with E-state index >= 15 is 0 Å². The van der Waals surface area contributed by atoms with Crippen LogP contribution in [-0.4, -0.2) is 17.9 Å². The Morgan fingerprint density at radius 2 is 1.74 bits per heavy atom. The lowest BCUT2D eigenvalue weighted by atomic mass is 9.84. The number of benzene rings is 1. The van der Waals surface area contributed by atoms with E-state index in [-0.39, 0.29) is 11.5 Å². The molecule has 0 aromatic heterocycles. The van der Waals surface area contributed by atoms with Gasteiger partial charge >= 0.3 is 0 Å². The molecule has 0 radical (unpaired) electrons. The summed E-state index contributed by atoms with van der Waals surface area (Å²) in [5.74, 6) is 0.303. The largest absolute Gasteiger partial charge is 0.305 e. The molecule has 1 aromatic rings. The third kappa shape index (κ3) is 5.56. The highest BCUT2D eigenvalue weighted by Crippen LogP contribution is 2.19. The van der Waals surface area contributed by atoms with Crippen molar-refractivity contribution in [3.05, 3.63) is 35.9 Å². The summed E-state index contributed by atoms with van der Waals surface area (Å²) < 4.78 is 0. The van der Waals surface area contributed by atoms with Crippen molar-refractivity contribution in [2.24, 2.45) is 5.41 Å². The smallest absolute Gasteiger partial charge is 0.155 e. The second kappa shape index (κ2) is 6.85. The zero-order valence-corrected chi connectivity index (χ0v) is 12.9. The maximum Gasteiger partial charge on any atom is 0.155 e. The fraction of sp³-hybridized carbons (Fsp3) is 0.588. The van der Waals surface area contributed by atoms with Crippen LogP contribution in [0.1, 0.15) is 46.6 Å². The fourth-order valence-corrected chi connectivity index (χ4v) is 2.17. The monoisotopic (exact) mass is 261 g/mol. The van der Waals surface area contributed by atoms with Crippen molar-refractivity contribution in [2.45, 2.75) is 59.5 Å². The van der Waals surface area contributed by atoms with E-state index in [2.05, 4.69) is 31.3 Å². The summed E-state index contributed by atoms with van der Waals surface area (Å²) in [5.41, 5.74) is 1.00. The molecule has 0 aliphatic carbocycles. The molecule has 1 N–H and O–H groups in total. The predicted molar refractivity (Wildman–Crippen MR) is 81.3 cm³/mol. The van der Waals surface area contributed by atoms with Gasteiger partial charge in [0.05, 0.1) is 6.04 Å². The number of ketones is 1. The summed E-state index contributed by atoms with van der Waals surface area (Å²) in [6.45, 7) is 10.2. The molecule has 1 aromatic carbocycles.